The first-order valence-electron chi connectivity index (χ1n) is 4.56. The van der Waals surface area contributed by atoms with Crippen LogP contribution in [0.2, 0.25) is 0 Å². The topological polar surface area (TPSA) is 63.1 Å². The van der Waals surface area contributed by atoms with Crippen molar-refractivity contribution in [2.45, 2.75) is 6.18 Å². The molecule has 94 valence electrons. The number of rotatable bonds is 1. The largest absolute Gasteiger partial charge is 0.478 e. The minimum atomic E-state index is -4.84. The van der Waals surface area contributed by atoms with Gasteiger partial charge in [0.1, 0.15) is 0 Å². The number of pyridine rings is 2. The number of fused-ring (bicyclic) bond motifs is 1. The zero-order valence-corrected chi connectivity index (χ0v) is 10.1. The lowest BCUT2D eigenvalue weighted by atomic mass is 10.1. The van der Waals surface area contributed by atoms with Gasteiger partial charge in [0.05, 0.1) is 5.56 Å². The lowest BCUT2D eigenvalue weighted by Gasteiger charge is -2.10. The summed E-state index contributed by atoms with van der Waals surface area (Å²) < 4.78 is 38.5. The summed E-state index contributed by atoms with van der Waals surface area (Å²) in [6.07, 6.45) is -3.55. The van der Waals surface area contributed by atoms with Crippen LogP contribution in [0.15, 0.2) is 22.8 Å². The molecule has 0 fully saturated rings. The van der Waals surface area contributed by atoms with Gasteiger partial charge >= 0.3 is 12.1 Å². The Hall–Kier alpha value is -1.70. The van der Waals surface area contributed by atoms with Crippen LogP contribution in [0.3, 0.4) is 0 Å². The molecule has 18 heavy (non-hydrogen) atoms. The number of carbonyl (C=O) groups is 1. The zero-order chi connectivity index (χ0) is 13.5. The van der Waals surface area contributed by atoms with Crippen LogP contribution in [-0.2, 0) is 6.18 Å². The van der Waals surface area contributed by atoms with Crippen LogP contribution in [0.5, 0.6) is 0 Å². The van der Waals surface area contributed by atoms with Gasteiger partial charge in [0, 0.05) is 16.1 Å². The van der Waals surface area contributed by atoms with Crippen LogP contribution < -0.4 is 0 Å². The second kappa shape index (κ2) is 4.20. The number of alkyl halides is 3. The smallest absolute Gasteiger partial charge is 0.434 e. The molecule has 0 atom stereocenters. The van der Waals surface area contributed by atoms with Crippen molar-refractivity contribution in [2.24, 2.45) is 0 Å². The van der Waals surface area contributed by atoms with Crippen molar-refractivity contribution in [1.29, 1.82) is 0 Å². The summed E-state index contributed by atoms with van der Waals surface area (Å²) in [6.45, 7) is 0. The van der Waals surface area contributed by atoms with Gasteiger partial charge in [-0.05, 0) is 28.1 Å². The number of aromatic nitrogens is 2. The molecule has 0 saturated carbocycles. The summed E-state index contributed by atoms with van der Waals surface area (Å²) in [4.78, 5) is 17.8. The first-order chi connectivity index (χ1) is 8.29. The number of hydrogen-bond donors (Lipinski definition) is 1. The van der Waals surface area contributed by atoms with Gasteiger partial charge in [0.15, 0.2) is 11.3 Å². The maximum absolute atomic E-state index is 12.7. The Kier molecular flexibility index (Phi) is 2.97. The molecule has 1 N–H and O–H groups in total. The lowest BCUT2D eigenvalue weighted by molar-refractivity contribution is -0.141. The van der Waals surface area contributed by atoms with Crippen molar-refractivity contribution >= 4 is 32.9 Å². The molecule has 0 amide bonds. The molecular weight excluding hydrogens is 317 g/mol. The standard InChI is InChI=1S/C10H4BrF3N2O2/c11-5-1-4-2-6(9(17)18)7(10(12,13)14)16-8(4)15-3-5/h1-3H,(H,17,18). The van der Waals surface area contributed by atoms with Crippen molar-refractivity contribution in [3.05, 3.63) is 34.1 Å². The normalized spacial score (nSPS) is 11.8. The molecule has 0 bridgehead atoms. The molecule has 0 spiro atoms. The molecule has 0 aliphatic carbocycles. The van der Waals surface area contributed by atoms with Gasteiger partial charge in [-0.1, -0.05) is 0 Å². The van der Waals surface area contributed by atoms with Crippen LogP contribution in [0, 0.1) is 0 Å². The Morgan fingerprint density at radius 2 is 2.00 bits per heavy atom. The van der Waals surface area contributed by atoms with E-state index in [1.165, 1.54) is 12.3 Å². The van der Waals surface area contributed by atoms with E-state index in [1.54, 1.807) is 0 Å². The van der Waals surface area contributed by atoms with Crippen LogP contribution in [-0.4, -0.2) is 21.0 Å². The van der Waals surface area contributed by atoms with E-state index >= 15 is 0 Å². The van der Waals surface area contributed by atoms with E-state index in [1.807, 2.05) is 0 Å². The highest BCUT2D eigenvalue weighted by Gasteiger charge is 2.37. The maximum atomic E-state index is 12.7. The minimum Gasteiger partial charge on any atom is -0.478 e. The molecule has 0 saturated heterocycles. The van der Waals surface area contributed by atoms with Crippen LogP contribution in [0.4, 0.5) is 13.2 Å². The lowest BCUT2D eigenvalue weighted by Crippen LogP contribution is -2.15. The fraction of sp³-hybridized carbons (Fsp3) is 0.100. The number of nitrogens with zero attached hydrogens (tertiary/aromatic N) is 2. The molecule has 2 rings (SSSR count). The Labute approximate surface area is 107 Å². The van der Waals surface area contributed by atoms with Crippen molar-refractivity contribution < 1.29 is 23.1 Å². The second-order valence-electron chi connectivity index (χ2n) is 3.39. The predicted octanol–water partition coefficient (Wildman–Crippen LogP) is 3.11. The average molecular weight is 321 g/mol. The molecule has 0 aliphatic rings. The van der Waals surface area contributed by atoms with Gasteiger partial charge in [-0.3, -0.25) is 0 Å². The van der Waals surface area contributed by atoms with Gasteiger partial charge in [0.25, 0.3) is 0 Å². The number of carboxylic acid groups (broad SMARTS) is 1. The number of hydrogen-bond acceptors (Lipinski definition) is 3. The summed E-state index contributed by atoms with van der Waals surface area (Å²) >= 11 is 3.09. The van der Waals surface area contributed by atoms with Crippen molar-refractivity contribution in [2.75, 3.05) is 0 Å². The van der Waals surface area contributed by atoms with E-state index in [9.17, 15) is 18.0 Å². The average Bonchev–Trinajstić information content (AvgIpc) is 2.25. The van der Waals surface area contributed by atoms with Crippen molar-refractivity contribution in [1.82, 2.24) is 9.97 Å². The summed E-state index contributed by atoms with van der Waals surface area (Å²) in [5, 5.41) is 9.00. The zero-order valence-electron chi connectivity index (χ0n) is 8.49. The summed E-state index contributed by atoms with van der Waals surface area (Å²) in [5.41, 5.74) is -2.50. The minimum absolute atomic E-state index is 0.157. The quantitative estimate of drug-likeness (QED) is 0.877. The van der Waals surface area contributed by atoms with Crippen LogP contribution in [0.25, 0.3) is 11.0 Å². The van der Waals surface area contributed by atoms with Gasteiger partial charge in [-0.2, -0.15) is 13.2 Å². The third kappa shape index (κ3) is 2.28. The highest BCUT2D eigenvalue weighted by Crippen LogP contribution is 2.32. The van der Waals surface area contributed by atoms with Crippen molar-refractivity contribution in [3.63, 3.8) is 0 Å². The highest BCUT2D eigenvalue weighted by atomic mass is 79.9. The number of carboxylic acids is 1. The van der Waals surface area contributed by atoms with Gasteiger partial charge in [0.2, 0.25) is 0 Å². The molecule has 2 heterocycles. The van der Waals surface area contributed by atoms with Gasteiger partial charge in [-0.25, -0.2) is 14.8 Å². The number of halogens is 4. The van der Waals surface area contributed by atoms with E-state index in [4.69, 9.17) is 5.11 Å². The summed E-state index contributed by atoms with van der Waals surface area (Å²) in [5.74, 6) is -1.68. The van der Waals surface area contributed by atoms with E-state index in [-0.39, 0.29) is 11.0 Å². The molecule has 2 aromatic rings. The molecule has 0 aliphatic heterocycles. The first-order valence-corrected chi connectivity index (χ1v) is 5.35. The third-order valence-corrected chi connectivity index (χ3v) is 2.57. The van der Waals surface area contributed by atoms with Crippen LogP contribution >= 0.6 is 15.9 Å². The van der Waals surface area contributed by atoms with E-state index in [0.717, 1.165) is 6.07 Å². The number of aromatic carboxylic acids is 1. The second-order valence-corrected chi connectivity index (χ2v) is 4.30. The highest BCUT2D eigenvalue weighted by molar-refractivity contribution is 9.10. The predicted molar refractivity (Wildman–Crippen MR) is 59.2 cm³/mol. The van der Waals surface area contributed by atoms with Gasteiger partial charge < -0.3 is 5.11 Å². The van der Waals surface area contributed by atoms with Gasteiger partial charge in [-0.15, -0.1) is 0 Å². The van der Waals surface area contributed by atoms with E-state index < -0.39 is 23.4 Å². The fourth-order valence-corrected chi connectivity index (χ4v) is 1.77. The summed E-state index contributed by atoms with van der Waals surface area (Å²) in [7, 11) is 0. The van der Waals surface area contributed by atoms with Crippen molar-refractivity contribution in [3.8, 4) is 0 Å². The fourth-order valence-electron chi connectivity index (χ4n) is 1.42. The maximum Gasteiger partial charge on any atom is 0.434 e. The Balaban J connectivity index is 2.81. The van der Waals surface area contributed by atoms with E-state index in [2.05, 4.69) is 25.9 Å². The first kappa shape index (κ1) is 12.7. The molecule has 8 heteroatoms. The Morgan fingerprint density at radius 1 is 1.33 bits per heavy atom. The molecule has 2 aromatic heterocycles. The molecule has 4 nitrogen and oxygen atoms in total. The van der Waals surface area contributed by atoms with Crippen LogP contribution in [0.1, 0.15) is 16.1 Å². The third-order valence-electron chi connectivity index (χ3n) is 2.13. The Bertz CT molecular complexity index is 643. The summed E-state index contributed by atoms with van der Waals surface area (Å²) in [6, 6.07) is 2.35. The monoisotopic (exact) mass is 320 g/mol. The Morgan fingerprint density at radius 3 is 2.56 bits per heavy atom. The molecule has 0 radical (unpaired) electrons. The molecule has 0 aromatic carbocycles. The van der Waals surface area contributed by atoms with E-state index in [0.29, 0.717) is 4.47 Å². The SMILES string of the molecule is O=C(O)c1cc2cc(Br)cnc2nc1C(F)(F)F. The molecular formula is C10H4BrF3N2O2. The molecule has 0 unspecified atom stereocenters.